The molecule has 13 heavy (non-hydrogen) atoms. The van der Waals surface area contributed by atoms with E-state index in [2.05, 4.69) is 15.9 Å². The van der Waals surface area contributed by atoms with Gasteiger partial charge in [0.1, 0.15) is 0 Å². The van der Waals surface area contributed by atoms with Crippen molar-refractivity contribution in [2.45, 2.75) is 13.5 Å². The summed E-state index contributed by atoms with van der Waals surface area (Å²) in [5.74, 6) is -1.10. The summed E-state index contributed by atoms with van der Waals surface area (Å²) >= 11 is 3.08. The molecular weight excluding hydrogens is 238 g/mol. The summed E-state index contributed by atoms with van der Waals surface area (Å²) in [4.78, 5) is 21.8. The lowest BCUT2D eigenvalue weighted by atomic mass is 10.3. The second-order valence-electron chi connectivity index (χ2n) is 2.46. The van der Waals surface area contributed by atoms with Gasteiger partial charge < -0.3 is 9.67 Å². The van der Waals surface area contributed by atoms with Crippen molar-refractivity contribution >= 4 is 21.9 Å². The SMILES string of the molecule is CCn1cc(Br)c(C(=O)O)cc1=O. The summed E-state index contributed by atoms with van der Waals surface area (Å²) in [5, 5.41) is 8.68. The van der Waals surface area contributed by atoms with E-state index >= 15 is 0 Å². The molecule has 1 aromatic heterocycles. The lowest BCUT2D eigenvalue weighted by Gasteiger charge is -2.03. The molecule has 0 fully saturated rings. The first-order valence-corrected chi connectivity index (χ1v) is 4.49. The van der Waals surface area contributed by atoms with Crippen LogP contribution in [0.3, 0.4) is 0 Å². The number of hydrogen-bond acceptors (Lipinski definition) is 2. The summed E-state index contributed by atoms with van der Waals surface area (Å²) in [6, 6.07) is 1.11. The number of rotatable bonds is 2. The summed E-state index contributed by atoms with van der Waals surface area (Å²) in [6.07, 6.45) is 1.48. The highest BCUT2D eigenvalue weighted by Crippen LogP contribution is 2.13. The quantitative estimate of drug-likeness (QED) is 0.856. The minimum Gasteiger partial charge on any atom is -0.478 e. The summed E-state index contributed by atoms with van der Waals surface area (Å²) in [7, 11) is 0. The first kappa shape index (κ1) is 9.98. The minimum absolute atomic E-state index is 0.00491. The van der Waals surface area contributed by atoms with Crippen LogP contribution in [0.4, 0.5) is 0 Å². The molecule has 0 aliphatic rings. The van der Waals surface area contributed by atoms with E-state index in [-0.39, 0.29) is 11.1 Å². The standard InChI is InChI=1S/C8H8BrNO3/c1-2-10-4-6(9)5(8(12)13)3-7(10)11/h3-4H,2H2,1H3,(H,12,13). The Hall–Kier alpha value is -1.10. The van der Waals surface area contributed by atoms with Crippen LogP contribution in [-0.2, 0) is 6.54 Å². The molecule has 4 nitrogen and oxygen atoms in total. The van der Waals surface area contributed by atoms with Crippen LogP contribution in [-0.4, -0.2) is 15.6 Å². The third-order valence-corrected chi connectivity index (χ3v) is 2.28. The summed E-state index contributed by atoms with van der Waals surface area (Å²) in [6.45, 7) is 2.34. The van der Waals surface area contributed by atoms with Crippen molar-refractivity contribution in [1.29, 1.82) is 0 Å². The van der Waals surface area contributed by atoms with Crippen molar-refractivity contribution < 1.29 is 9.90 Å². The molecule has 1 N–H and O–H groups in total. The topological polar surface area (TPSA) is 59.3 Å². The van der Waals surface area contributed by atoms with Gasteiger partial charge in [-0.25, -0.2) is 4.79 Å². The third-order valence-electron chi connectivity index (χ3n) is 1.65. The Morgan fingerprint density at radius 2 is 2.31 bits per heavy atom. The Morgan fingerprint density at radius 3 is 2.77 bits per heavy atom. The van der Waals surface area contributed by atoms with Gasteiger partial charge in [-0.2, -0.15) is 0 Å². The largest absolute Gasteiger partial charge is 0.478 e. The van der Waals surface area contributed by atoms with E-state index in [0.29, 0.717) is 11.0 Å². The zero-order valence-electron chi connectivity index (χ0n) is 6.95. The third kappa shape index (κ3) is 1.98. The van der Waals surface area contributed by atoms with Gasteiger partial charge >= 0.3 is 5.97 Å². The van der Waals surface area contributed by atoms with Gasteiger partial charge in [-0.3, -0.25) is 4.79 Å². The Bertz CT molecular complexity index is 397. The maximum Gasteiger partial charge on any atom is 0.337 e. The molecule has 0 saturated carbocycles. The Kier molecular flexibility index (Phi) is 2.87. The number of halogens is 1. The average Bonchev–Trinajstić information content (AvgIpc) is 2.07. The molecule has 0 bridgehead atoms. The van der Waals surface area contributed by atoms with Crippen molar-refractivity contribution in [2.24, 2.45) is 0 Å². The number of hydrogen-bond donors (Lipinski definition) is 1. The van der Waals surface area contributed by atoms with E-state index in [1.807, 2.05) is 6.92 Å². The predicted octanol–water partition coefficient (Wildman–Crippen LogP) is 1.33. The number of aromatic nitrogens is 1. The lowest BCUT2D eigenvalue weighted by molar-refractivity contribution is 0.0695. The second-order valence-corrected chi connectivity index (χ2v) is 3.32. The van der Waals surface area contributed by atoms with Crippen LogP contribution < -0.4 is 5.56 Å². The molecule has 0 radical (unpaired) electrons. The van der Waals surface area contributed by atoms with Crippen LogP contribution in [0.25, 0.3) is 0 Å². The molecule has 1 heterocycles. The molecule has 0 amide bonds. The van der Waals surface area contributed by atoms with Crippen molar-refractivity contribution in [3.05, 3.63) is 32.7 Å². The fraction of sp³-hybridized carbons (Fsp3) is 0.250. The number of carbonyl (C=O) groups is 1. The van der Waals surface area contributed by atoms with Gasteiger partial charge in [-0.05, 0) is 22.9 Å². The van der Waals surface area contributed by atoms with E-state index in [1.54, 1.807) is 0 Å². The van der Waals surface area contributed by atoms with E-state index < -0.39 is 5.97 Å². The van der Waals surface area contributed by atoms with Gasteiger partial charge in [0, 0.05) is 23.3 Å². The molecule has 0 atom stereocenters. The first-order valence-electron chi connectivity index (χ1n) is 3.69. The van der Waals surface area contributed by atoms with Crippen LogP contribution in [0.5, 0.6) is 0 Å². The van der Waals surface area contributed by atoms with Crippen LogP contribution in [0.1, 0.15) is 17.3 Å². The zero-order valence-corrected chi connectivity index (χ0v) is 8.54. The van der Waals surface area contributed by atoms with Crippen molar-refractivity contribution in [3.8, 4) is 0 Å². The highest BCUT2D eigenvalue weighted by Gasteiger charge is 2.09. The van der Waals surface area contributed by atoms with Crippen LogP contribution in [0, 0.1) is 0 Å². The predicted molar refractivity (Wildman–Crippen MR) is 51.0 cm³/mol. The van der Waals surface area contributed by atoms with E-state index in [4.69, 9.17) is 5.11 Å². The van der Waals surface area contributed by atoms with Crippen molar-refractivity contribution in [2.75, 3.05) is 0 Å². The van der Waals surface area contributed by atoms with E-state index in [9.17, 15) is 9.59 Å². The number of carboxylic acids is 1. The molecule has 0 aliphatic carbocycles. The smallest absolute Gasteiger partial charge is 0.337 e. The van der Waals surface area contributed by atoms with Gasteiger partial charge in [-0.1, -0.05) is 0 Å². The van der Waals surface area contributed by atoms with Crippen molar-refractivity contribution in [1.82, 2.24) is 4.57 Å². The average molecular weight is 246 g/mol. The molecule has 0 unspecified atom stereocenters. The van der Waals surface area contributed by atoms with Crippen LogP contribution in [0.15, 0.2) is 21.5 Å². The van der Waals surface area contributed by atoms with Gasteiger partial charge in [-0.15, -0.1) is 0 Å². The Labute approximate surface area is 82.9 Å². The first-order chi connectivity index (χ1) is 6.06. The Morgan fingerprint density at radius 1 is 1.69 bits per heavy atom. The van der Waals surface area contributed by atoms with Gasteiger partial charge in [0.2, 0.25) is 0 Å². The zero-order chi connectivity index (χ0) is 10.0. The minimum atomic E-state index is -1.10. The fourth-order valence-corrected chi connectivity index (χ4v) is 1.49. The number of carboxylic acid groups (broad SMARTS) is 1. The highest BCUT2D eigenvalue weighted by atomic mass is 79.9. The molecule has 1 aromatic rings. The van der Waals surface area contributed by atoms with E-state index in [0.717, 1.165) is 6.07 Å². The maximum absolute atomic E-state index is 11.2. The summed E-state index contributed by atoms with van der Waals surface area (Å²) in [5.41, 5.74) is -0.308. The number of pyridine rings is 1. The van der Waals surface area contributed by atoms with E-state index in [1.165, 1.54) is 10.8 Å². The second kappa shape index (κ2) is 3.74. The lowest BCUT2D eigenvalue weighted by Crippen LogP contribution is -2.20. The number of aromatic carboxylic acids is 1. The highest BCUT2D eigenvalue weighted by molar-refractivity contribution is 9.10. The van der Waals surface area contributed by atoms with Gasteiger partial charge in [0.25, 0.3) is 5.56 Å². The molecule has 0 spiro atoms. The van der Waals surface area contributed by atoms with Crippen LogP contribution in [0.2, 0.25) is 0 Å². The monoisotopic (exact) mass is 245 g/mol. The number of nitrogens with zero attached hydrogens (tertiary/aromatic N) is 1. The normalized spacial score (nSPS) is 10.0. The fourth-order valence-electron chi connectivity index (χ4n) is 0.956. The molecular formula is C8H8BrNO3. The Balaban J connectivity index is 3.37. The molecule has 0 aromatic carbocycles. The molecule has 0 aliphatic heterocycles. The van der Waals surface area contributed by atoms with Crippen LogP contribution >= 0.6 is 15.9 Å². The maximum atomic E-state index is 11.2. The molecule has 1 rings (SSSR count). The van der Waals surface area contributed by atoms with Crippen molar-refractivity contribution in [3.63, 3.8) is 0 Å². The molecule has 0 saturated heterocycles. The molecule has 5 heteroatoms. The van der Waals surface area contributed by atoms with Gasteiger partial charge in [0.15, 0.2) is 0 Å². The molecule has 70 valence electrons. The summed E-state index contributed by atoms with van der Waals surface area (Å²) < 4.78 is 1.85. The number of aryl methyl sites for hydroxylation is 1. The van der Waals surface area contributed by atoms with Gasteiger partial charge in [0.05, 0.1) is 5.56 Å².